The predicted molar refractivity (Wildman–Crippen MR) is 59.9 cm³/mol. The Morgan fingerprint density at radius 1 is 1.41 bits per heavy atom. The summed E-state index contributed by atoms with van der Waals surface area (Å²) >= 11 is 0. The molecular weight excluding hydrogens is 250 g/mol. The van der Waals surface area contributed by atoms with Gasteiger partial charge in [-0.15, -0.1) is 0 Å². The SMILES string of the molecule is CCOC(=O)CS(=O)(=O)NC(C)CCC(=O)O. The topological polar surface area (TPSA) is 110 Å². The third-order valence-corrected chi connectivity index (χ3v) is 3.16. The van der Waals surface area contributed by atoms with Gasteiger partial charge in [0.2, 0.25) is 10.0 Å². The van der Waals surface area contributed by atoms with Crippen LogP contribution in [0.1, 0.15) is 26.7 Å². The molecule has 0 aliphatic rings. The molecule has 0 amide bonds. The molecule has 8 heteroatoms. The Balaban J connectivity index is 4.16. The Kier molecular flexibility index (Phi) is 6.74. The lowest BCUT2D eigenvalue weighted by Gasteiger charge is -2.12. The van der Waals surface area contributed by atoms with E-state index in [-0.39, 0.29) is 19.4 Å². The summed E-state index contributed by atoms with van der Waals surface area (Å²) < 4.78 is 29.5. The number of ether oxygens (including phenoxy) is 1. The second kappa shape index (κ2) is 7.23. The maximum absolute atomic E-state index is 11.4. The summed E-state index contributed by atoms with van der Waals surface area (Å²) in [5.74, 6) is -2.58. The third kappa shape index (κ3) is 8.64. The second-order valence-corrected chi connectivity index (χ2v) is 5.27. The van der Waals surface area contributed by atoms with Crippen LogP contribution in [-0.2, 0) is 24.3 Å². The Morgan fingerprint density at radius 2 is 2.00 bits per heavy atom. The highest BCUT2D eigenvalue weighted by molar-refractivity contribution is 7.90. The standard InChI is InChI=1S/C9H17NO6S/c1-3-16-9(13)6-17(14,15)10-7(2)4-5-8(11)12/h7,10H,3-6H2,1-2H3,(H,11,12). The maximum atomic E-state index is 11.4. The van der Waals surface area contributed by atoms with E-state index in [1.807, 2.05) is 0 Å². The van der Waals surface area contributed by atoms with E-state index in [9.17, 15) is 18.0 Å². The number of sulfonamides is 1. The molecular formula is C9H17NO6S. The molecule has 100 valence electrons. The zero-order valence-electron chi connectivity index (χ0n) is 9.80. The highest BCUT2D eigenvalue weighted by Crippen LogP contribution is 1.99. The minimum atomic E-state index is -3.77. The molecule has 0 rings (SSSR count). The highest BCUT2D eigenvalue weighted by Gasteiger charge is 2.20. The largest absolute Gasteiger partial charge is 0.481 e. The lowest BCUT2D eigenvalue weighted by molar-refractivity contribution is -0.140. The number of carboxylic acid groups (broad SMARTS) is 1. The zero-order valence-corrected chi connectivity index (χ0v) is 10.6. The average molecular weight is 267 g/mol. The van der Waals surface area contributed by atoms with Crippen LogP contribution in [0.25, 0.3) is 0 Å². The van der Waals surface area contributed by atoms with Gasteiger partial charge in [-0.1, -0.05) is 0 Å². The van der Waals surface area contributed by atoms with Gasteiger partial charge in [-0.05, 0) is 20.3 Å². The summed E-state index contributed by atoms with van der Waals surface area (Å²) in [6.45, 7) is 3.22. The van der Waals surface area contributed by atoms with Gasteiger partial charge < -0.3 is 9.84 Å². The second-order valence-electron chi connectivity index (χ2n) is 3.52. The highest BCUT2D eigenvalue weighted by atomic mass is 32.2. The maximum Gasteiger partial charge on any atom is 0.322 e. The number of carboxylic acids is 1. The van der Waals surface area contributed by atoms with Gasteiger partial charge in [-0.2, -0.15) is 0 Å². The number of hydrogen-bond donors (Lipinski definition) is 2. The van der Waals surface area contributed by atoms with Gasteiger partial charge in [0.1, 0.15) is 0 Å². The molecule has 0 spiro atoms. The molecule has 2 N–H and O–H groups in total. The van der Waals surface area contributed by atoms with E-state index in [4.69, 9.17) is 5.11 Å². The van der Waals surface area contributed by atoms with Crippen molar-refractivity contribution < 1.29 is 27.9 Å². The first-order chi connectivity index (χ1) is 7.76. The molecule has 1 atom stereocenters. The quantitative estimate of drug-likeness (QED) is 0.585. The number of carbonyl (C=O) groups is 2. The minimum absolute atomic E-state index is 0.114. The minimum Gasteiger partial charge on any atom is -0.481 e. The van der Waals surface area contributed by atoms with Gasteiger partial charge >= 0.3 is 11.9 Å². The van der Waals surface area contributed by atoms with Crippen molar-refractivity contribution in [3.8, 4) is 0 Å². The number of nitrogens with one attached hydrogen (secondary N) is 1. The number of rotatable bonds is 8. The molecule has 0 saturated heterocycles. The molecule has 0 fully saturated rings. The van der Waals surface area contributed by atoms with E-state index >= 15 is 0 Å². The van der Waals surface area contributed by atoms with Gasteiger partial charge in [0.15, 0.2) is 5.75 Å². The van der Waals surface area contributed by atoms with E-state index in [2.05, 4.69) is 9.46 Å². The van der Waals surface area contributed by atoms with Crippen molar-refractivity contribution in [1.82, 2.24) is 4.72 Å². The van der Waals surface area contributed by atoms with Crippen LogP contribution in [0.5, 0.6) is 0 Å². The van der Waals surface area contributed by atoms with Crippen molar-refractivity contribution in [2.75, 3.05) is 12.4 Å². The average Bonchev–Trinajstić information content (AvgIpc) is 2.13. The van der Waals surface area contributed by atoms with Crippen molar-refractivity contribution >= 4 is 22.0 Å². The van der Waals surface area contributed by atoms with E-state index < -0.39 is 33.8 Å². The molecule has 0 heterocycles. The fourth-order valence-corrected chi connectivity index (χ4v) is 2.31. The van der Waals surface area contributed by atoms with Crippen LogP contribution in [0.4, 0.5) is 0 Å². The molecule has 7 nitrogen and oxygen atoms in total. The Labute approximate surface area is 100 Å². The van der Waals surface area contributed by atoms with Crippen LogP contribution >= 0.6 is 0 Å². The first-order valence-electron chi connectivity index (χ1n) is 5.14. The molecule has 17 heavy (non-hydrogen) atoms. The predicted octanol–water partition coefficient (Wildman–Crippen LogP) is -0.278. The number of carbonyl (C=O) groups excluding carboxylic acids is 1. The van der Waals surface area contributed by atoms with Crippen LogP contribution in [0.3, 0.4) is 0 Å². The first kappa shape index (κ1) is 15.9. The van der Waals surface area contributed by atoms with Gasteiger partial charge in [-0.3, -0.25) is 9.59 Å². The Morgan fingerprint density at radius 3 is 2.47 bits per heavy atom. The monoisotopic (exact) mass is 267 g/mol. The van der Waals surface area contributed by atoms with Gasteiger partial charge in [0.05, 0.1) is 6.61 Å². The molecule has 0 aromatic carbocycles. The van der Waals surface area contributed by atoms with Crippen molar-refractivity contribution in [3.05, 3.63) is 0 Å². The molecule has 0 aliphatic heterocycles. The molecule has 0 aromatic rings. The van der Waals surface area contributed by atoms with Crippen LogP contribution in [0.15, 0.2) is 0 Å². The van der Waals surface area contributed by atoms with Crippen LogP contribution in [0.2, 0.25) is 0 Å². The van der Waals surface area contributed by atoms with Gasteiger partial charge in [0.25, 0.3) is 0 Å². The van der Waals surface area contributed by atoms with E-state index in [0.717, 1.165) is 0 Å². The third-order valence-electron chi connectivity index (χ3n) is 1.79. The molecule has 0 aromatic heterocycles. The number of hydrogen-bond acceptors (Lipinski definition) is 5. The van der Waals surface area contributed by atoms with Crippen LogP contribution in [0, 0.1) is 0 Å². The molecule has 0 saturated carbocycles. The molecule has 1 unspecified atom stereocenters. The van der Waals surface area contributed by atoms with Crippen LogP contribution < -0.4 is 4.72 Å². The molecule has 0 bridgehead atoms. The van der Waals surface area contributed by atoms with E-state index in [1.54, 1.807) is 6.92 Å². The summed E-state index contributed by atoms with van der Waals surface area (Å²) in [6.07, 6.45) is 0.0283. The van der Waals surface area contributed by atoms with Crippen molar-refractivity contribution in [2.45, 2.75) is 32.7 Å². The lowest BCUT2D eigenvalue weighted by Crippen LogP contribution is -2.37. The lowest BCUT2D eigenvalue weighted by atomic mass is 10.2. The fourth-order valence-electron chi connectivity index (χ4n) is 1.10. The Hall–Kier alpha value is -1.15. The summed E-state index contributed by atoms with van der Waals surface area (Å²) in [5.41, 5.74) is 0. The number of esters is 1. The smallest absolute Gasteiger partial charge is 0.322 e. The van der Waals surface area contributed by atoms with Crippen molar-refractivity contribution in [2.24, 2.45) is 0 Å². The summed E-state index contributed by atoms with van der Waals surface area (Å²) in [4.78, 5) is 21.3. The van der Waals surface area contributed by atoms with Crippen molar-refractivity contribution in [1.29, 1.82) is 0 Å². The normalized spacial score (nSPS) is 13.1. The first-order valence-corrected chi connectivity index (χ1v) is 6.79. The van der Waals surface area contributed by atoms with Crippen molar-refractivity contribution in [3.63, 3.8) is 0 Å². The van der Waals surface area contributed by atoms with Crippen LogP contribution in [-0.4, -0.2) is 43.9 Å². The fraction of sp³-hybridized carbons (Fsp3) is 0.778. The summed E-state index contributed by atoms with van der Waals surface area (Å²) in [7, 11) is -3.77. The van der Waals surface area contributed by atoms with E-state index in [1.165, 1.54) is 6.92 Å². The molecule has 0 aliphatic carbocycles. The van der Waals surface area contributed by atoms with Gasteiger partial charge in [0, 0.05) is 12.5 Å². The van der Waals surface area contributed by atoms with E-state index in [0.29, 0.717) is 0 Å². The zero-order chi connectivity index (χ0) is 13.5. The number of aliphatic carboxylic acids is 1. The molecule has 0 radical (unpaired) electrons. The summed E-state index contributed by atoms with van der Waals surface area (Å²) in [6, 6.07) is -0.537. The Bertz CT molecular complexity index is 364. The summed E-state index contributed by atoms with van der Waals surface area (Å²) in [5, 5.41) is 8.42. The van der Waals surface area contributed by atoms with Gasteiger partial charge in [-0.25, -0.2) is 13.1 Å².